The summed E-state index contributed by atoms with van der Waals surface area (Å²) in [6, 6.07) is 10.1. The van der Waals surface area contributed by atoms with E-state index in [4.69, 9.17) is 37.6 Å². The predicted octanol–water partition coefficient (Wildman–Crippen LogP) is -0.784. The van der Waals surface area contributed by atoms with Crippen LogP contribution >= 0.6 is 0 Å². The molecule has 10 N–H and O–H groups in total. The normalized spacial score (nSPS) is 27.3. The SMILES string of the molecule is COc1cc(C=CC(=O)OCC2OC(Oc3ccc(-c4oc5cc(O)cc(O)c5c(=O)c4OC4OC(CO)C(O)C(O)C4O)cc3)C(O)C(O)C2O)cc(OC)c1O. The number of rotatable bonds is 12. The molecule has 312 valence electrons. The summed E-state index contributed by atoms with van der Waals surface area (Å²) in [6.07, 6.45) is -14.7. The summed E-state index contributed by atoms with van der Waals surface area (Å²) in [7, 11) is 2.67. The Morgan fingerprint density at radius 1 is 0.759 bits per heavy atom. The molecule has 20 heteroatoms. The van der Waals surface area contributed by atoms with Gasteiger partial charge in [0.25, 0.3) is 0 Å². The number of aliphatic hydroxyl groups excluding tert-OH is 7. The van der Waals surface area contributed by atoms with Gasteiger partial charge in [-0.05, 0) is 48.0 Å². The molecule has 58 heavy (non-hydrogen) atoms. The summed E-state index contributed by atoms with van der Waals surface area (Å²) in [4.78, 5) is 26.3. The molecular weight excluding hydrogens is 776 g/mol. The first-order chi connectivity index (χ1) is 27.6. The van der Waals surface area contributed by atoms with Crippen molar-refractivity contribution in [3.05, 3.63) is 70.4 Å². The van der Waals surface area contributed by atoms with Crippen molar-refractivity contribution in [3.8, 4) is 51.6 Å². The summed E-state index contributed by atoms with van der Waals surface area (Å²) < 4.78 is 43.8. The van der Waals surface area contributed by atoms with E-state index in [1.807, 2.05) is 0 Å². The van der Waals surface area contributed by atoms with Crippen molar-refractivity contribution in [2.24, 2.45) is 0 Å². The highest BCUT2D eigenvalue weighted by molar-refractivity contribution is 5.88. The molecule has 10 unspecified atom stereocenters. The molecular formula is C38H40O20. The lowest BCUT2D eigenvalue weighted by Gasteiger charge is -2.39. The van der Waals surface area contributed by atoms with Gasteiger partial charge in [0.2, 0.25) is 29.5 Å². The summed E-state index contributed by atoms with van der Waals surface area (Å²) >= 11 is 0. The molecule has 0 radical (unpaired) electrons. The number of phenolic OH excluding ortho intramolecular Hbond substituents is 3. The fourth-order valence-corrected chi connectivity index (χ4v) is 6.20. The Morgan fingerprint density at radius 2 is 1.34 bits per heavy atom. The maximum absolute atomic E-state index is 13.8. The van der Waals surface area contributed by atoms with E-state index >= 15 is 0 Å². The number of hydrogen-bond acceptors (Lipinski definition) is 20. The molecule has 2 saturated heterocycles. The van der Waals surface area contributed by atoms with Crippen molar-refractivity contribution in [3.63, 3.8) is 0 Å². The number of esters is 1. The Morgan fingerprint density at radius 3 is 1.95 bits per heavy atom. The smallest absolute Gasteiger partial charge is 0.330 e. The van der Waals surface area contributed by atoms with Crippen LogP contribution in [0.4, 0.5) is 0 Å². The van der Waals surface area contributed by atoms with Crippen LogP contribution in [0, 0.1) is 0 Å². The van der Waals surface area contributed by atoms with Gasteiger partial charge in [0.1, 0.15) is 83.7 Å². The third kappa shape index (κ3) is 8.45. The van der Waals surface area contributed by atoms with Gasteiger partial charge in [-0.2, -0.15) is 0 Å². The van der Waals surface area contributed by atoms with E-state index in [-0.39, 0.29) is 39.9 Å². The zero-order valence-corrected chi connectivity index (χ0v) is 30.5. The molecule has 3 aromatic carbocycles. The van der Waals surface area contributed by atoms with Crippen molar-refractivity contribution in [1.29, 1.82) is 0 Å². The monoisotopic (exact) mass is 816 g/mol. The van der Waals surface area contributed by atoms with Gasteiger partial charge in [-0.25, -0.2) is 4.79 Å². The molecule has 1 aromatic heterocycles. The summed E-state index contributed by atoms with van der Waals surface area (Å²) in [5.74, 6) is -3.05. The summed E-state index contributed by atoms with van der Waals surface area (Å²) in [5.41, 5.74) is -0.778. The second-order valence-electron chi connectivity index (χ2n) is 13.1. The lowest BCUT2D eigenvalue weighted by atomic mass is 9.99. The maximum atomic E-state index is 13.8. The molecule has 0 bridgehead atoms. The molecule has 2 aliphatic heterocycles. The minimum Gasteiger partial charge on any atom is -0.508 e. The van der Waals surface area contributed by atoms with Crippen LogP contribution in [0.2, 0.25) is 0 Å². The number of methoxy groups -OCH3 is 2. The fourth-order valence-electron chi connectivity index (χ4n) is 6.20. The lowest BCUT2D eigenvalue weighted by Crippen LogP contribution is -2.60. The number of fused-ring (bicyclic) bond motifs is 1. The zero-order valence-electron chi connectivity index (χ0n) is 30.5. The molecule has 3 heterocycles. The molecule has 0 aliphatic carbocycles. The topological polar surface area (TPSA) is 314 Å². The van der Waals surface area contributed by atoms with Crippen LogP contribution in [0.15, 0.2) is 63.8 Å². The molecule has 0 amide bonds. The minimum absolute atomic E-state index is 0.00430. The fraction of sp³-hybridized carbons (Fsp3) is 0.368. The van der Waals surface area contributed by atoms with Gasteiger partial charge >= 0.3 is 5.97 Å². The highest BCUT2D eigenvalue weighted by Gasteiger charge is 2.47. The number of benzene rings is 3. The van der Waals surface area contributed by atoms with Gasteiger partial charge in [-0.3, -0.25) is 4.79 Å². The van der Waals surface area contributed by atoms with Gasteiger partial charge in [0.15, 0.2) is 17.3 Å². The van der Waals surface area contributed by atoms with Crippen LogP contribution in [0.25, 0.3) is 28.4 Å². The van der Waals surface area contributed by atoms with Crippen LogP contribution in [0.1, 0.15) is 5.56 Å². The van der Waals surface area contributed by atoms with Crippen LogP contribution in [0.3, 0.4) is 0 Å². The summed E-state index contributed by atoms with van der Waals surface area (Å²) in [5, 5.41) is 103. The number of carbonyl (C=O) groups excluding carboxylic acids is 1. The molecule has 10 atom stereocenters. The minimum atomic E-state index is -1.93. The third-order valence-corrected chi connectivity index (χ3v) is 9.34. The number of aromatic hydroxyl groups is 3. The standard InChI is InChI=1S/C38H40O20/c1-51-21-9-15(10-22(52-2)27(21)43)3-8-25(42)53-14-24-29(45)32(48)33(49)37(57-24)54-18-6-4-16(5-7-18)35-36(30(46)26-19(41)11-17(40)12-20(26)55-35)58-38-34(50)31(47)28(44)23(13-39)56-38/h3-12,23-24,28-29,31-34,37-41,43-45,47-50H,13-14H2,1-2H3. The van der Waals surface area contributed by atoms with E-state index in [2.05, 4.69) is 0 Å². The van der Waals surface area contributed by atoms with Gasteiger partial charge in [-0.15, -0.1) is 0 Å². The van der Waals surface area contributed by atoms with Crippen LogP contribution in [-0.4, -0.2) is 146 Å². The second-order valence-corrected chi connectivity index (χ2v) is 13.1. The van der Waals surface area contributed by atoms with Crippen molar-refractivity contribution in [1.82, 2.24) is 0 Å². The summed E-state index contributed by atoms with van der Waals surface area (Å²) in [6.45, 7) is -1.38. The van der Waals surface area contributed by atoms with E-state index in [0.717, 1.165) is 18.2 Å². The van der Waals surface area contributed by atoms with Crippen molar-refractivity contribution in [2.45, 2.75) is 61.4 Å². The highest BCUT2D eigenvalue weighted by Crippen LogP contribution is 2.39. The molecule has 20 nitrogen and oxygen atoms in total. The first kappa shape index (κ1) is 41.9. The largest absolute Gasteiger partial charge is 0.508 e. The van der Waals surface area contributed by atoms with Gasteiger partial charge in [-0.1, -0.05) is 0 Å². The second kappa shape index (κ2) is 17.4. The quantitative estimate of drug-likeness (QED) is 0.0619. The first-order valence-electron chi connectivity index (χ1n) is 17.4. The molecule has 0 saturated carbocycles. The van der Waals surface area contributed by atoms with Gasteiger partial charge < -0.3 is 88.6 Å². The Labute approximate surface area is 327 Å². The Bertz CT molecular complexity index is 2160. The number of ether oxygens (including phenoxy) is 7. The molecule has 2 aliphatic rings. The number of phenols is 3. The van der Waals surface area contributed by atoms with Crippen LogP contribution in [-0.2, 0) is 19.0 Å². The maximum Gasteiger partial charge on any atom is 0.330 e. The molecule has 2 fully saturated rings. The van der Waals surface area contributed by atoms with E-state index in [0.29, 0.717) is 5.56 Å². The highest BCUT2D eigenvalue weighted by atomic mass is 16.7. The van der Waals surface area contributed by atoms with Gasteiger partial charge in [0, 0.05) is 23.8 Å². The zero-order chi connectivity index (χ0) is 42.0. The average Bonchev–Trinajstić information content (AvgIpc) is 3.21. The van der Waals surface area contributed by atoms with Gasteiger partial charge in [0.05, 0.1) is 20.8 Å². The Hall–Kier alpha value is -5.68. The predicted molar refractivity (Wildman–Crippen MR) is 194 cm³/mol. The van der Waals surface area contributed by atoms with Crippen molar-refractivity contribution < 1.29 is 93.4 Å². The van der Waals surface area contributed by atoms with E-state index in [1.54, 1.807) is 0 Å². The van der Waals surface area contributed by atoms with Crippen molar-refractivity contribution in [2.75, 3.05) is 27.4 Å². The molecule has 4 aromatic rings. The Balaban J connectivity index is 1.20. The number of hydrogen-bond donors (Lipinski definition) is 10. The number of aliphatic hydroxyl groups is 7. The molecule has 0 spiro atoms. The third-order valence-electron chi connectivity index (χ3n) is 9.34. The van der Waals surface area contributed by atoms with Crippen LogP contribution in [0.5, 0.6) is 40.2 Å². The lowest BCUT2D eigenvalue weighted by molar-refractivity contribution is -0.278. The Kier molecular flexibility index (Phi) is 12.6. The van der Waals surface area contributed by atoms with E-state index in [1.165, 1.54) is 56.7 Å². The van der Waals surface area contributed by atoms with Crippen molar-refractivity contribution >= 4 is 23.0 Å². The molecule has 6 rings (SSSR count). The first-order valence-corrected chi connectivity index (χ1v) is 17.4. The van der Waals surface area contributed by atoms with Crippen LogP contribution < -0.4 is 24.4 Å². The van der Waals surface area contributed by atoms with E-state index in [9.17, 15) is 60.7 Å². The van der Waals surface area contributed by atoms with E-state index < -0.39 is 109 Å². The average molecular weight is 817 g/mol. The number of carbonyl (C=O) groups is 1.